The molecule has 0 unspecified atom stereocenters. The van der Waals surface area contributed by atoms with Crippen LogP contribution in [0.15, 0.2) is 77.4 Å². The second kappa shape index (κ2) is 8.81. The van der Waals surface area contributed by atoms with Crippen molar-refractivity contribution in [2.75, 3.05) is 0 Å². The molecule has 0 fully saturated rings. The van der Waals surface area contributed by atoms with Crippen LogP contribution in [0, 0.1) is 6.92 Å². The second-order valence-electron chi connectivity index (χ2n) is 8.17. The standard InChI is InChI=1S/C27H23BrN4O/c1-16-5-7-25-20(9-16)22(27(33)31-14-18-4-2-3-17(10-18)13-29)12-26(32-25)23-15-30-24-8-6-19(28)11-21(23)24/h2-12,15,30H,13-14,29H2,1H3,(H,31,33). The normalized spacial score (nSPS) is 11.2. The third-order valence-electron chi connectivity index (χ3n) is 5.81. The third kappa shape index (κ3) is 4.27. The summed E-state index contributed by atoms with van der Waals surface area (Å²) in [5, 5.41) is 4.96. The van der Waals surface area contributed by atoms with Crippen molar-refractivity contribution in [1.82, 2.24) is 15.3 Å². The molecule has 0 saturated carbocycles. The van der Waals surface area contributed by atoms with Crippen molar-refractivity contribution in [2.45, 2.75) is 20.0 Å². The average molecular weight is 499 g/mol. The second-order valence-corrected chi connectivity index (χ2v) is 9.09. The number of nitrogens with one attached hydrogen (secondary N) is 2. The Hall–Kier alpha value is -3.48. The number of fused-ring (bicyclic) bond motifs is 2. The molecule has 2 heterocycles. The van der Waals surface area contributed by atoms with Gasteiger partial charge in [-0.1, -0.05) is 51.8 Å². The van der Waals surface area contributed by atoms with Gasteiger partial charge in [-0.05, 0) is 54.4 Å². The zero-order chi connectivity index (χ0) is 22.9. The summed E-state index contributed by atoms with van der Waals surface area (Å²) in [6.45, 7) is 2.92. The number of halogens is 1. The number of pyridine rings is 1. The highest BCUT2D eigenvalue weighted by molar-refractivity contribution is 9.10. The zero-order valence-electron chi connectivity index (χ0n) is 18.2. The lowest BCUT2D eigenvalue weighted by Gasteiger charge is -2.12. The van der Waals surface area contributed by atoms with E-state index in [1.165, 1.54) is 0 Å². The summed E-state index contributed by atoms with van der Waals surface area (Å²) in [4.78, 5) is 21.6. The topological polar surface area (TPSA) is 83.8 Å². The van der Waals surface area contributed by atoms with Gasteiger partial charge >= 0.3 is 0 Å². The minimum absolute atomic E-state index is 0.131. The van der Waals surface area contributed by atoms with Gasteiger partial charge in [0.15, 0.2) is 0 Å². The maximum Gasteiger partial charge on any atom is 0.252 e. The molecule has 6 heteroatoms. The summed E-state index contributed by atoms with van der Waals surface area (Å²) in [5.74, 6) is -0.131. The summed E-state index contributed by atoms with van der Waals surface area (Å²) in [6, 6.07) is 21.9. The first-order chi connectivity index (χ1) is 16.0. The summed E-state index contributed by atoms with van der Waals surface area (Å²) in [6.07, 6.45) is 1.94. The number of hydrogen-bond acceptors (Lipinski definition) is 3. The van der Waals surface area contributed by atoms with Crippen LogP contribution in [0.5, 0.6) is 0 Å². The number of aryl methyl sites for hydroxylation is 1. The number of amides is 1. The van der Waals surface area contributed by atoms with Gasteiger partial charge < -0.3 is 16.0 Å². The summed E-state index contributed by atoms with van der Waals surface area (Å²) in [5.41, 5.74) is 13.0. The van der Waals surface area contributed by atoms with E-state index in [0.717, 1.165) is 54.2 Å². The summed E-state index contributed by atoms with van der Waals surface area (Å²) < 4.78 is 0.991. The number of carbonyl (C=O) groups is 1. The molecule has 2 aromatic heterocycles. The van der Waals surface area contributed by atoms with Crippen LogP contribution in [-0.2, 0) is 13.1 Å². The Balaban J connectivity index is 1.57. The largest absolute Gasteiger partial charge is 0.360 e. The fourth-order valence-electron chi connectivity index (χ4n) is 4.11. The van der Waals surface area contributed by atoms with Crippen LogP contribution in [0.25, 0.3) is 33.1 Å². The van der Waals surface area contributed by atoms with E-state index < -0.39 is 0 Å². The Kier molecular flexibility index (Phi) is 5.70. The maximum atomic E-state index is 13.4. The Labute approximate surface area is 200 Å². The lowest BCUT2D eigenvalue weighted by atomic mass is 10.0. The number of nitrogens with zero attached hydrogens (tertiary/aromatic N) is 1. The monoisotopic (exact) mass is 498 g/mol. The molecular formula is C27H23BrN4O. The van der Waals surface area contributed by atoms with Gasteiger partial charge in [0.05, 0.1) is 16.8 Å². The van der Waals surface area contributed by atoms with E-state index in [1.807, 2.05) is 73.8 Å². The molecule has 0 spiro atoms. The molecule has 5 rings (SSSR count). The van der Waals surface area contributed by atoms with Gasteiger partial charge in [0.2, 0.25) is 0 Å². The first-order valence-corrected chi connectivity index (χ1v) is 11.6. The van der Waals surface area contributed by atoms with Crippen LogP contribution in [0.4, 0.5) is 0 Å². The highest BCUT2D eigenvalue weighted by atomic mass is 79.9. The van der Waals surface area contributed by atoms with Gasteiger partial charge in [0, 0.05) is 45.6 Å². The van der Waals surface area contributed by atoms with E-state index in [1.54, 1.807) is 0 Å². The zero-order valence-corrected chi connectivity index (χ0v) is 19.7. The quantitative estimate of drug-likeness (QED) is 0.284. The molecule has 4 N–H and O–H groups in total. The number of H-pyrrole nitrogens is 1. The van der Waals surface area contributed by atoms with Crippen molar-refractivity contribution in [3.63, 3.8) is 0 Å². The molecule has 0 bridgehead atoms. The highest BCUT2D eigenvalue weighted by Gasteiger charge is 2.16. The lowest BCUT2D eigenvalue weighted by molar-refractivity contribution is 0.0952. The van der Waals surface area contributed by atoms with Crippen molar-refractivity contribution in [1.29, 1.82) is 0 Å². The van der Waals surface area contributed by atoms with Crippen LogP contribution in [0.1, 0.15) is 27.0 Å². The molecule has 0 radical (unpaired) electrons. The van der Waals surface area contributed by atoms with Gasteiger partial charge in [-0.15, -0.1) is 0 Å². The summed E-state index contributed by atoms with van der Waals surface area (Å²) in [7, 11) is 0. The number of carbonyl (C=O) groups excluding carboxylic acids is 1. The molecule has 1 amide bonds. The van der Waals surface area contributed by atoms with Crippen LogP contribution in [0.2, 0.25) is 0 Å². The van der Waals surface area contributed by atoms with Gasteiger partial charge in [-0.3, -0.25) is 4.79 Å². The number of rotatable bonds is 5. The predicted octanol–water partition coefficient (Wildman–Crippen LogP) is 5.84. The number of benzene rings is 3. The van der Waals surface area contributed by atoms with Crippen LogP contribution in [-0.4, -0.2) is 15.9 Å². The number of aromatic amines is 1. The predicted molar refractivity (Wildman–Crippen MR) is 137 cm³/mol. The number of nitrogens with two attached hydrogens (primary N) is 1. The van der Waals surface area contributed by atoms with Crippen molar-refractivity contribution in [2.24, 2.45) is 5.73 Å². The molecular weight excluding hydrogens is 476 g/mol. The van der Waals surface area contributed by atoms with E-state index in [-0.39, 0.29) is 5.91 Å². The SMILES string of the molecule is Cc1ccc2nc(-c3c[nH]c4ccc(Br)cc34)cc(C(=O)NCc3cccc(CN)c3)c2c1. The van der Waals surface area contributed by atoms with Gasteiger partial charge in [-0.25, -0.2) is 4.98 Å². The van der Waals surface area contributed by atoms with E-state index in [4.69, 9.17) is 10.7 Å². The molecule has 0 saturated heterocycles. The minimum Gasteiger partial charge on any atom is -0.360 e. The molecule has 0 atom stereocenters. The Morgan fingerprint density at radius 3 is 2.73 bits per heavy atom. The maximum absolute atomic E-state index is 13.4. The fourth-order valence-corrected chi connectivity index (χ4v) is 4.48. The lowest BCUT2D eigenvalue weighted by Crippen LogP contribution is -2.23. The fraction of sp³-hybridized carbons (Fsp3) is 0.111. The van der Waals surface area contributed by atoms with Crippen molar-refractivity contribution < 1.29 is 4.79 Å². The molecule has 3 aromatic carbocycles. The van der Waals surface area contributed by atoms with E-state index in [9.17, 15) is 4.79 Å². The highest BCUT2D eigenvalue weighted by Crippen LogP contribution is 2.32. The van der Waals surface area contributed by atoms with Crippen LogP contribution >= 0.6 is 15.9 Å². The van der Waals surface area contributed by atoms with E-state index in [0.29, 0.717) is 18.7 Å². The van der Waals surface area contributed by atoms with Crippen molar-refractivity contribution >= 4 is 43.6 Å². The average Bonchev–Trinajstić information content (AvgIpc) is 3.25. The Morgan fingerprint density at radius 2 is 1.88 bits per heavy atom. The number of aromatic nitrogens is 2. The molecule has 33 heavy (non-hydrogen) atoms. The van der Waals surface area contributed by atoms with E-state index in [2.05, 4.69) is 32.3 Å². The van der Waals surface area contributed by atoms with Gasteiger partial charge in [0.25, 0.3) is 5.91 Å². The molecule has 0 aliphatic carbocycles. The van der Waals surface area contributed by atoms with Crippen LogP contribution in [0.3, 0.4) is 0 Å². The Bertz CT molecular complexity index is 1510. The van der Waals surface area contributed by atoms with Crippen LogP contribution < -0.4 is 11.1 Å². The molecule has 5 aromatic rings. The first-order valence-electron chi connectivity index (χ1n) is 10.8. The molecule has 5 nitrogen and oxygen atoms in total. The molecule has 164 valence electrons. The molecule has 0 aliphatic rings. The van der Waals surface area contributed by atoms with Crippen molar-refractivity contribution in [3.05, 3.63) is 99.7 Å². The first kappa shape index (κ1) is 21.4. The van der Waals surface area contributed by atoms with Gasteiger partial charge in [-0.2, -0.15) is 0 Å². The number of hydrogen-bond donors (Lipinski definition) is 3. The van der Waals surface area contributed by atoms with E-state index >= 15 is 0 Å². The Morgan fingerprint density at radius 1 is 1.03 bits per heavy atom. The van der Waals surface area contributed by atoms with Crippen molar-refractivity contribution in [3.8, 4) is 11.3 Å². The minimum atomic E-state index is -0.131. The summed E-state index contributed by atoms with van der Waals surface area (Å²) >= 11 is 3.56. The molecule has 0 aliphatic heterocycles. The third-order valence-corrected chi connectivity index (χ3v) is 6.30. The smallest absolute Gasteiger partial charge is 0.252 e. The van der Waals surface area contributed by atoms with Gasteiger partial charge in [0.1, 0.15) is 0 Å².